The molecule has 1 aromatic carbocycles. The summed E-state index contributed by atoms with van der Waals surface area (Å²) in [6, 6.07) is 5.37. The number of benzene rings is 1. The Labute approximate surface area is 164 Å². The van der Waals surface area contributed by atoms with Crippen LogP contribution in [0.1, 0.15) is 47.2 Å². The molecule has 7 heteroatoms. The van der Waals surface area contributed by atoms with Crippen LogP contribution in [0.3, 0.4) is 0 Å². The SMILES string of the molecule is COc1cc(C(=O)N2CCCC[C@@H]2[C@H](C)N)ccc1OCc1csc(C)n1. The maximum absolute atomic E-state index is 13.0. The first-order valence-electron chi connectivity index (χ1n) is 9.28. The highest BCUT2D eigenvalue weighted by molar-refractivity contribution is 7.09. The van der Waals surface area contributed by atoms with Gasteiger partial charge in [0, 0.05) is 29.6 Å². The number of thiazole rings is 1. The lowest BCUT2D eigenvalue weighted by Gasteiger charge is -2.38. The highest BCUT2D eigenvalue weighted by atomic mass is 32.1. The largest absolute Gasteiger partial charge is 0.493 e. The lowest BCUT2D eigenvalue weighted by molar-refractivity contribution is 0.0583. The van der Waals surface area contributed by atoms with Crippen LogP contribution in [0.15, 0.2) is 23.6 Å². The minimum atomic E-state index is -0.0414. The summed E-state index contributed by atoms with van der Waals surface area (Å²) in [5.41, 5.74) is 7.58. The average molecular weight is 390 g/mol. The summed E-state index contributed by atoms with van der Waals surface area (Å²) in [6.45, 7) is 5.04. The number of piperidine rings is 1. The number of carbonyl (C=O) groups excluding carboxylic acids is 1. The molecule has 1 saturated heterocycles. The van der Waals surface area contributed by atoms with E-state index < -0.39 is 0 Å². The van der Waals surface area contributed by atoms with Gasteiger partial charge in [-0.15, -0.1) is 11.3 Å². The quantitative estimate of drug-likeness (QED) is 0.819. The molecule has 2 N–H and O–H groups in total. The Hall–Kier alpha value is -2.12. The van der Waals surface area contributed by atoms with Crippen LogP contribution in [0.25, 0.3) is 0 Å². The van der Waals surface area contributed by atoms with E-state index in [-0.39, 0.29) is 18.0 Å². The fraction of sp³-hybridized carbons (Fsp3) is 0.500. The molecule has 0 unspecified atom stereocenters. The summed E-state index contributed by atoms with van der Waals surface area (Å²) >= 11 is 1.59. The van der Waals surface area contributed by atoms with Gasteiger partial charge in [-0.05, 0) is 51.3 Å². The van der Waals surface area contributed by atoms with E-state index in [0.717, 1.165) is 36.5 Å². The van der Waals surface area contributed by atoms with E-state index in [0.29, 0.717) is 23.7 Å². The Kier molecular flexibility index (Phi) is 6.34. The van der Waals surface area contributed by atoms with Crippen LogP contribution in [0.4, 0.5) is 0 Å². The number of amides is 1. The zero-order valence-electron chi connectivity index (χ0n) is 16.1. The Balaban J connectivity index is 1.75. The second kappa shape index (κ2) is 8.71. The summed E-state index contributed by atoms with van der Waals surface area (Å²) in [4.78, 5) is 19.3. The molecule has 0 bridgehead atoms. The first-order valence-corrected chi connectivity index (χ1v) is 10.2. The number of nitrogens with two attached hydrogens (primary N) is 1. The standard InChI is InChI=1S/C20H27N3O3S/c1-13(21)17-6-4-5-9-23(17)20(24)15-7-8-18(19(10-15)25-3)26-11-16-12-27-14(2)22-16/h7-8,10,12-13,17H,4-6,9,11,21H2,1-3H3/t13-,17+/m0/s1. The monoisotopic (exact) mass is 389 g/mol. The fourth-order valence-corrected chi connectivity index (χ4v) is 4.07. The zero-order chi connectivity index (χ0) is 19.4. The molecule has 1 aliphatic heterocycles. The second-order valence-corrected chi connectivity index (χ2v) is 8.00. The van der Waals surface area contributed by atoms with Gasteiger partial charge in [-0.3, -0.25) is 4.79 Å². The maximum atomic E-state index is 13.0. The summed E-state index contributed by atoms with van der Waals surface area (Å²) in [7, 11) is 1.58. The minimum absolute atomic E-state index is 0.00280. The minimum Gasteiger partial charge on any atom is -0.493 e. The Morgan fingerprint density at radius 3 is 2.89 bits per heavy atom. The lowest BCUT2D eigenvalue weighted by Crippen LogP contribution is -2.51. The average Bonchev–Trinajstić information content (AvgIpc) is 3.10. The van der Waals surface area contributed by atoms with Crippen molar-refractivity contribution in [2.45, 2.75) is 51.8 Å². The van der Waals surface area contributed by atoms with Gasteiger partial charge in [-0.25, -0.2) is 4.98 Å². The molecule has 1 amide bonds. The van der Waals surface area contributed by atoms with Gasteiger partial charge in [0.25, 0.3) is 5.91 Å². The van der Waals surface area contributed by atoms with Crippen LogP contribution < -0.4 is 15.2 Å². The number of nitrogens with zero attached hydrogens (tertiary/aromatic N) is 2. The van der Waals surface area contributed by atoms with Crippen LogP contribution in [0, 0.1) is 6.92 Å². The number of likely N-dealkylation sites (tertiary alicyclic amines) is 1. The van der Waals surface area contributed by atoms with Gasteiger partial charge in [-0.2, -0.15) is 0 Å². The molecule has 2 heterocycles. The van der Waals surface area contributed by atoms with Gasteiger partial charge in [0.05, 0.1) is 17.8 Å². The number of rotatable bonds is 6. The van der Waals surface area contributed by atoms with E-state index in [1.165, 1.54) is 0 Å². The van der Waals surface area contributed by atoms with E-state index in [1.54, 1.807) is 36.6 Å². The number of carbonyl (C=O) groups is 1. The van der Waals surface area contributed by atoms with Crippen molar-refractivity contribution in [3.8, 4) is 11.5 Å². The van der Waals surface area contributed by atoms with Crippen molar-refractivity contribution >= 4 is 17.2 Å². The molecule has 0 spiro atoms. The van der Waals surface area contributed by atoms with Crippen LogP contribution >= 0.6 is 11.3 Å². The van der Waals surface area contributed by atoms with Crippen molar-refractivity contribution in [2.24, 2.45) is 5.73 Å². The van der Waals surface area contributed by atoms with Gasteiger partial charge in [-0.1, -0.05) is 0 Å². The molecule has 0 aliphatic carbocycles. The third kappa shape index (κ3) is 4.59. The van der Waals surface area contributed by atoms with E-state index in [2.05, 4.69) is 4.98 Å². The van der Waals surface area contributed by atoms with E-state index >= 15 is 0 Å². The highest BCUT2D eigenvalue weighted by Crippen LogP contribution is 2.30. The molecule has 2 atom stereocenters. The van der Waals surface area contributed by atoms with Crippen molar-refractivity contribution in [1.29, 1.82) is 0 Å². The third-order valence-electron chi connectivity index (χ3n) is 4.87. The van der Waals surface area contributed by atoms with Crippen molar-refractivity contribution in [3.63, 3.8) is 0 Å². The van der Waals surface area contributed by atoms with Crippen molar-refractivity contribution in [1.82, 2.24) is 9.88 Å². The highest BCUT2D eigenvalue weighted by Gasteiger charge is 2.30. The number of hydrogen-bond donors (Lipinski definition) is 1. The van der Waals surface area contributed by atoms with Gasteiger partial charge in [0.2, 0.25) is 0 Å². The number of hydrogen-bond acceptors (Lipinski definition) is 6. The Bertz CT molecular complexity index is 791. The Morgan fingerprint density at radius 1 is 1.41 bits per heavy atom. The fourth-order valence-electron chi connectivity index (χ4n) is 3.47. The predicted molar refractivity (Wildman–Crippen MR) is 107 cm³/mol. The predicted octanol–water partition coefficient (Wildman–Crippen LogP) is 3.38. The molecular weight excluding hydrogens is 362 g/mol. The number of aryl methyl sites for hydroxylation is 1. The van der Waals surface area contributed by atoms with Crippen LogP contribution in [-0.4, -0.2) is 41.5 Å². The molecule has 2 aromatic rings. The smallest absolute Gasteiger partial charge is 0.254 e. The molecule has 146 valence electrons. The molecule has 0 radical (unpaired) electrons. The van der Waals surface area contributed by atoms with Gasteiger partial charge in [0.15, 0.2) is 11.5 Å². The van der Waals surface area contributed by atoms with Crippen molar-refractivity contribution in [3.05, 3.63) is 39.8 Å². The molecule has 1 fully saturated rings. The molecule has 6 nitrogen and oxygen atoms in total. The Morgan fingerprint density at radius 2 is 2.22 bits per heavy atom. The van der Waals surface area contributed by atoms with Gasteiger partial charge in [0.1, 0.15) is 6.61 Å². The molecule has 27 heavy (non-hydrogen) atoms. The number of aromatic nitrogens is 1. The summed E-state index contributed by atoms with van der Waals surface area (Å²) in [5.74, 6) is 1.14. The van der Waals surface area contributed by atoms with E-state index in [9.17, 15) is 4.79 Å². The van der Waals surface area contributed by atoms with E-state index in [4.69, 9.17) is 15.2 Å². The second-order valence-electron chi connectivity index (χ2n) is 6.93. The first-order chi connectivity index (χ1) is 13.0. The van der Waals surface area contributed by atoms with Crippen LogP contribution in [0.5, 0.6) is 11.5 Å². The summed E-state index contributed by atoms with van der Waals surface area (Å²) in [5, 5.41) is 2.98. The summed E-state index contributed by atoms with van der Waals surface area (Å²) < 4.78 is 11.3. The molecule has 0 saturated carbocycles. The van der Waals surface area contributed by atoms with E-state index in [1.807, 2.05) is 24.1 Å². The lowest BCUT2D eigenvalue weighted by atomic mass is 9.96. The van der Waals surface area contributed by atoms with Crippen LogP contribution in [-0.2, 0) is 6.61 Å². The zero-order valence-corrected chi connectivity index (χ0v) is 16.9. The number of ether oxygens (including phenoxy) is 2. The topological polar surface area (TPSA) is 77.7 Å². The normalized spacial score (nSPS) is 18.2. The van der Waals surface area contributed by atoms with Gasteiger partial charge >= 0.3 is 0 Å². The molecule has 3 rings (SSSR count). The molecular formula is C20H27N3O3S. The van der Waals surface area contributed by atoms with Crippen molar-refractivity contribution < 1.29 is 14.3 Å². The third-order valence-corrected chi connectivity index (χ3v) is 5.69. The summed E-state index contributed by atoms with van der Waals surface area (Å²) in [6.07, 6.45) is 3.08. The number of methoxy groups -OCH3 is 1. The van der Waals surface area contributed by atoms with Crippen LogP contribution in [0.2, 0.25) is 0 Å². The van der Waals surface area contributed by atoms with Gasteiger partial charge < -0.3 is 20.1 Å². The first kappa shape index (κ1) is 19.6. The molecule has 1 aromatic heterocycles. The molecule has 1 aliphatic rings. The van der Waals surface area contributed by atoms with Crippen molar-refractivity contribution in [2.75, 3.05) is 13.7 Å². The maximum Gasteiger partial charge on any atom is 0.254 e.